The molecule has 0 saturated heterocycles. The number of aliphatic imine (C=N–C) groups is 1. The molecule has 0 aliphatic rings. The largest absolute Gasteiger partial charge is 0.507 e. The van der Waals surface area contributed by atoms with Gasteiger partial charge in [0.15, 0.2) is 0 Å². The lowest BCUT2D eigenvalue weighted by molar-refractivity contribution is 0.475. The maximum Gasteiger partial charge on any atom is 0.148 e. The topological polar surface area (TPSA) is 52.8 Å². The lowest BCUT2D eigenvalue weighted by atomic mass is 10.0. The quantitative estimate of drug-likeness (QED) is 0.502. The number of phenols is 2. The molecule has 0 spiro atoms. The minimum atomic E-state index is 0.143. The standard InChI is InChI=1S/C21H15NO2/c23-20-12-10-14-5-1-3-7-16(14)18(20)13-22-19-11-9-15-6-2-4-8-17(15)21(19)24/h1-13,23-24H. The van der Waals surface area contributed by atoms with Crippen LogP contribution >= 0.6 is 0 Å². The van der Waals surface area contributed by atoms with Gasteiger partial charge in [-0.2, -0.15) is 0 Å². The van der Waals surface area contributed by atoms with Gasteiger partial charge in [0.2, 0.25) is 0 Å². The Labute approximate surface area is 139 Å². The van der Waals surface area contributed by atoms with Crippen molar-refractivity contribution in [3.63, 3.8) is 0 Å². The van der Waals surface area contributed by atoms with Crippen molar-refractivity contribution in [2.45, 2.75) is 0 Å². The maximum absolute atomic E-state index is 10.4. The number of benzene rings is 4. The van der Waals surface area contributed by atoms with E-state index in [2.05, 4.69) is 4.99 Å². The summed E-state index contributed by atoms with van der Waals surface area (Å²) in [5.74, 6) is 0.307. The smallest absolute Gasteiger partial charge is 0.148 e. The van der Waals surface area contributed by atoms with E-state index < -0.39 is 0 Å². The summed E-state index contributed by atoms with van der Waals surface area (Å²) in [4.78, 5) is 4.40. The SMILES string of the molecule is Oc1ccc2ccccc2c1C=Nc1ccc2ccccc2c1O. The Morgan fingerprint density at radius 1 is 0.667 bits per heavy atom. The van der Waals surface area contributed by atoms with Crippen molar-refractivity contribution >= 4 is 33.4 Å². The molecule has 4 rings (SSSR count). The summed E-state index contributed by atoms with van der Waals surface area (Å²) in [5.41, 5.74) is 1.11. The Morgan fingerprint density at radius 2 is 1.29 bits per heavy atom. The van der Waals surface area contributed by atoms with E-state index in [1.165, 1.54) is 0 Å². The van der Waals surface area contributed by atoms with E-state index in [9.17, 15) is 10.2 Å². The summed E-state index contributed by atoms with van der Waals surface area (Å²) < 4.78 is 0. The third-order valence-electron chi connectivity index (χ3n) is 4.16. The maximum atomic E-state index is 10.4. The highest BCUT2D eigenvalue weighted by Gasteiger charge is 2.07. The molecule has 0 unspecified atom stereocenters. The normalized spacial score (nSPS) is 11.5. The van der Waals surface area contributed by atoms with Crippen LogP contribution in [0.4, 0.5) is 5.69 Å². The van der Waals surface area contributed by atoms with Crippen LogP contribution in [0, 0.1) is 0 Å². The van der Waals surface area contributed by atoms with Gasteiger partial charge >= 0.3 is 0 Å². The molecular weight excluding hydrogens is 298 g/mol. The Hall–Kier alpha value is -3.33. The Balaban J connectivity index is 1.84. The van der Waals surface area contributed by atoms with Crippen molar-refractivity contribution in [1.82, 2.24) is 0 Å². The van der Waals surface area contributed by atoms with Crippen molar-refractivity contribution in [2.24, 2.45) is 4.99 Å². The summed E-state index contributed by atoms with van der Waals surface area (Å²) in [6.45, 7) is 0. The second kappa shape index (κ2) is 5.70. The average molecular weight is 313 g/mol. The lowest BCUT2D eigenvalue weighted by Crippen LogP contribution is -1.86. The van der Waals surface area contributed by atoms with Crippen molar-refractivity contribution in [3.8, 4) is 11.5 Å². The molecule has 4 aromatic carbocycles. The summed E-state index contributed by atoms with van der Waals surface area (Å²) in [6.07, 6.45) is 1.60. The van der Waals surface area contributed by atoms with E-state index in [1.807, 2.05) is 60.7 Å². The fourth-order valence-corrected chi connectivity index (χ4v) is 2.90. The van der Waals surface area contributed by atoms with Gasteiger partial charge in [0.25, 0.3) is 0 Å². The molecule has 116 valence electrons. The molecule has 0 aromatic heterocycles. The van der Waals surface area contributed by atoms with Gasteiger partial charge in [-0.1, -0.05) is 60.7 Å². The zero-order chi connectivity index (χ0) is 16.5. The third kappa shape index (κ3) is 2.36. The number of phenolic OH excluding ortho intramolecular Hbond substituents is 2. The molecule has 0 amide bonds. The van der Waals surface area contributed by atoms with Gasteiger partial charge in [0, 0.05) is 17.2 Å². The van der Waals surface area contributed by atoms with E-state index in [4.69, 9.17) is 0 Å². The monoisotopic (exact) mass is 313 g/mol. The Morgan fingerprint density at radius 3 is 2.08 bits per heavy atom. The molecule has 0 atom stereocenters. The van der Waals surface area contributed by atoms with Crippen LogP contribution in [-0.2, 0) is 0 Å². The van der Waals surface area contributed by atoms with E-state index in [0.717, 1.165) is 21.5 Å². The van der Waals surface area contributed by atoms with E-state index in [1.54, 1.807) is 18.3 Å². The van der Waals surface area contributed by atoms with Gasteiger partial charge in [-0.3, -0.25) is 4.99 Å². The predicted octanol–water partition coefficient (Wildman–Crippen LogP) is 5.15. The fraction of sp³-hybridized carbons (Fsp3) is 0. The van der Waals surface area contributed by atoms with Crippen LogP contribution in [0.25, 0.3) is 21.5 Å². The molecule has 2 N–H and O–H groups in total. The van der Waals surface area contributed by atoms with Crippen molar-refractivity contribution < 1.29 is 10.2 Å². The molecule has 0 fully saturated rings. The number of hydrogen-bond acceptors (Lipinski definition) is 3. The van der Waals surface area contributed by atoms with Crippen molar-refractivity contribution in [2.75, 3.05) is 0 Å². The van der Waals surface area contributed by atoms with Gasteiger partial charge in [-0.05, 0) is 28.3 Å². The highest BCUT2D eigenvalue weighted by atomic mass is 16.3. The molecular formula is C21H15NO2. The second-order valence-electron chi connectivity index (χ2n) is 5.63. The minimum Gasteiger partial charge on any atom is -0.507 e. The summed E-state index contributed by atoms with van der Waals surface area (Å²) in [5, 5.41) is 24.3. The van der Waals surface area contributed by atoms with Crippen LogP contribution in [-0.4, -0.2) is 16.4 Å². The third-order valence-corrected chi connectivity index (χ3v) is 4.16. The summed E-state index contributed by atoms with van der Waals surface area (Å²) in [7, 11) is 0. The summed E-state index contributed by atoms with van der Waals surface area (Å²) in [6, 6.07) is 22.6. The van der Waals surface area contributed by atoms with E-state index in [-0.39, 0.29) is 11.5 Å². The number of hydrogen-bond donors (Lipinski definition) is 2. The van der Waals surface area contributed by atoms with Crippen LogP contribution in [0.2, 0.25) is 0 Å². The molecule has 0 heterocycles. The van der Waals surface area contributed by atoms with Gasteiger partial charge in [-0.25, -0.2) is 0 Å². The van der Waals surface area contributed by atoms with Crippen LogP contribution in [0.3, 0.4) is 0 Å². The first-order valence-corrected chi connectivity index (χ1v) is 7.69. The van der Waals surface area contributed by atoms with Gasteiger partial charge in [0.1, 0.15) is 17.2 Å². The molecule has 0 radical (unpaired) electrons. The van der Waals surface area contributed by atoms with Crippen LogP contribution in [0.1, 0.15) is 5.56 Å². The predicted molar refractivity (Wildman–Crippen MR) is 98.5 cm³/mol. The molecule has 0 bridgehead atoms. The number of nitrogens with zero attached hydrogens (tertiary/aromatic N) is 1. The minimum absolute atomic E-state index is 0.143. The summed E-state index contributed by atoms with van der Waals surface area (Å²) >= 11 is 0. The molecule has 24 heavy (non-hydrogen) atoms. The first kappa shape index (κ1) is 14.3. The highest BCUT2D eigenvalue weighted by Crippen LogP contribution is 2.35. The number of rotatable bonds is 2. The van der Waals surface area contributed by atoms with Crippen LogP contribution < -0.4 is 0 Å². The van der Waals surface area contributed by atoms with Gasteiger partial charge < -0.3 is 10.2 Å². The van der Waals surface area contributed by atoms with Gasteiger partial charge in [0.05, 0.1) is 0 Å². The fourth-order valence-electron chi connectivity index (χ4n) is 2.90. The number of aromatic hydroxyl groups is 2. The average Bonchev–Trinajstić information content (AvgIpc) is 2.62. The molecule has 0 saturated carbocycles. The molecule has 3 nitrogen and oxygen atoms in total. The van der Waals surface area contributed by atoms with Crippen LogP contribution in [0.5, 0.6) is 11.5 Å². The van der Waals surface area contributed by atoms with Crippen molar-refractivity contribution in [3.05, 3.63) is 78.4 Å². The first-order chi connectivity index (χ1) is 11.7. The molecule has 4 aromatic rings. The lowest BCUT2D eigenvalue weighted by Gasteiger charge is -2.06. The highest BCUT2D eigenvalue weighted by molar-refractivity contribution is 6.03. The molecule has 0 aliphatic carbocycles. The Bertz CT molecular complexity index is 1080. The zero-order valence-corrected chi connectivity index (χ0v) is 12.8. The van der Waals surface area contributed by atoms with E-state index in [0.29, 0.717) is 11.3 Å². The van der Waals surface area contributed by atoms with Gasteiger partial charge in [-0.15, -0.1) is 0 Å². The number of fused-ring (bicyclic) bond motifs is 2. The van der Waals surface area contributed by atoms with E-state index >= 15 is 0 Å². The second-order valence-corrected chi connectivity index (χ2v) is 5.63. The van der Waals surface area contributed by atoms with Crippen LogP contribution in [0.15, 0.2) is 77.8 Å². The molecule has 3 heteroatoms. The Kier molecular flexibility index (Phi) is 3.39. The van der Waals surface area contributed by atoms with Crippen molar-refractivity contribution in [1.29, 1.82) is 0 Å². The first-order valence-electron chi connectivity index (χ1n) is 7.69. The molecule has 0 aliphatic heterocycles. The zero-order valence-electron chi connectivity index (χ0n) is 12.8.